The van der Waals surface area contributed by atoms with Gasteiger partial charge in [0.05, 0.1) is 5.56 Å². The second-order valence-electron chi connectivity index (χ2n) is 5.82. The molecule has 6 heteroatoms. The predicted molar refractivity (Wildman–Crippen MR) is 79.9 cm³/mol. The van der Waals surface area contributed by atoms with Crippen LogP contribution >= 0.6 is 0 Å². The fraction of sp³-hybridized carbons (Fsp3) is 0.600. The van der Waals surface area contributed by atoms with Crippen molar-refractivity contribution in [1.82, 2.24) is 4.90 Å². The lowest BCUT2D eigenvalue weighted by molar-refractivity contribution is -0.137. The minimum absolute atomic E-state index is 0.0977. The second kappa shape index (κ2) is 6.13. The number of rotatable bonds is 3. The van der Waals surface area contributed by atoms with Crippen LogP contribution in [0.3, 0.4) is 0 Å². The average molecular weight is 301 g/mol. The molecule has 1 aliphatic heterocycles. The van der Waals surface area contributed by atoms with Crippen molar-refractivity contribution in [3.63, 3.8) is 0 Å². The number of hydrogen-bond donors (Lipinski definition) is 1. The second-order valence-corrected chi connectivity index (χ2v) is 5.82. The van der Waals surface area contributed by atoms with E-state index in [-0.39, 0.29) is 11.7 Å². The lowest BCUT2D eigenvalue weighted by Gasteiger charge is -2.35. The van der Waals surface area contributed by atoms with E-state index in [0.717, 1.165) is 13.1 Å². The van der Waals surface area contributed by atoms with Gasteiger partial charge in [-0.05, 0) is 39.1 Å². The van der Waals surface area contributed by atoms with Crippen LogP contribution in [0.5, 0.6) is 0 Å². The molecule has 21 heavy (non-hydrogen) atoms. The zero-order chi connectivity index (χ0) is 15.6. The standard InChI is InChI=1S/C15H22F3N3/c1-11(2)19-12-4-5-14(13(10-12)15(16,17)18)21-8-6-20(3)7-9-21/h4-5,10-11,19H,6-9H2,1-3H3. The van der Waals surface area contributed by atoms with Gasteiger partial charge < -0.3 is 15.1 Å². The van der Waals surface area contributed by atoms with Gasteiger partial charge in [-0.1, -0.05) is 0 Å². The molecule has 1 saturated heterocycles. The Bertz CT molecular complexity index is 478. The quantitative estimate of drug-likeness (QED) is 0.924. The van der Waals surface area contributed by atoms with Gasteiger partial charge in [0, 0.05) is 43.6 Å². The molecular weight excluding hydrogens is 279 g/mol. The molecule has 1 N–H and O–H groups in total. The van der Waals surface area contributed by atoms with E-state index in [4.69, 9.17) is 0 Å². The molecule has 0 bridgehead atoms. The molecule has 1 fully saturated rings. The Morgan fingerprint density at radius 1 is 1.10 bits per heavy atom. The molecule has 0 atom stereocenters. The first-order valence-electron chi connectivity index (χ1n) is 7.18. The molecule has 0 unspecified atom stereocenters. The number of benzene rings is 1. The molecule has 0 amide bonds. The maximum absolute atomic E-state index is 13.3. The Morgan fingerprint density at radius 3 is 2.24 bits per heavy atom. The summed E-state index contributed by atoms with van der Waals surface area (Å²) in [5.41, 5.74) is 0.234. The summed E-state index contributed by atoms with van der Waals surface area (Å²) in [6.45, 7) is 6.61. The maximum Gasteiger partial charge on any atom is 0.418 e. The molecule has 0 aliphatic carbocycles. The lowest BCUT2D eigenvalue weighted by Crippen LogP contribution is -2.45. The summed E-state index contributed by atoms with van der Waals surface area (Å²) < 4.78 is 40.0. The molecule has 0 spiro atoms. The molecule has 118 valence electrons. The summed E-state index contributed by atoms with van der Waals surface area (Å²) in [6.07, 6.45) is -4.34. The third kappa shape index (κ3) is 4.03. The number of halogens is 3. The molecule has 1 heterocycles. The highest BCUT2D eigenvalue weighted by Crippen LogP contribution is 2.38. The summed E-state index contributed by atoms with van der Waals surface area (Å²) in [5, 5.41) is 3.03. The monoisotopic (exact) mass is 301 g/mol. The number of nitrogens with one attached hydrogen (secondary N) is 1. The van der Waals surface area contributed by atoms with Crippen LogP contribution in [0.1, 0.15) is 19.4 Å². The van der Waals surface area contributed by atoms with Gasteiger partial charge in [-0.25, -0.2) is 0 Å². The number of anilines is 2. The largest absolute Gasteiger partial charge is 0.418 e. The molecule has 0 radical (unpaired) electrons. The zero-order valence-electron chi connectivity index (χ0n) is 12.7. The van der Waals surface area contributed by atoms with Gasteiger partial charge in [-0.3, -0.25) is 0 Å². The van der Waals surface area contributed by atoms with E-state index in [0.29, 0.717) is 18.8 Å². The van der Waals surface area contributed by atoms with E-state index in [9.17, 15) is 13.2 Å². The topological polar surface area (TPSA) is 18.5 Å². The highest BCUT2D eigenvalue weighted by Gasteiger charge is 2.35. The fourth-order valence-corrected chi connectivity index (χ4v) is 2.51. The van der Waals surface area contributed by atoms with Crippen molar-refractivity contribution in [2.45, 2.75) is 26.1 Å². The molecular formula is C15H22F3N3. The van der Waals surface area contributed by atoms with Crippen LogP contribution in [0.2, 0.25) is 0 Å². The van der Waals surface area contributed by atoms with E-state index in [2.05, 4.69) is 10.2 Å². The van der Waals surface area contributed by atoms with Gasteiger partial charge in [0.1, 0.15) is 0 Å². The maximum atomic E-state index is 13.3. The SMILES string of the molecule is CC(C)Nc1ccc(N2CCN(C)CC2)c(C(F)(F)F)c1. The number of nitrogens with zero attached hydrogens (tertiary/aromatic N) is 2. The van der Waals surface area contributed by atoms with Crippen LogP contribution in [0.4, 0.5) is 24.5 Å². The molecule has 3 nitrogen and oxygen atoms in total. The van der Waals surface area contributed by atoms with Crippen molar-refractivity contribution in [3.05, 3.63) is 23.8 Å². The van der Waals surface area contributed by atoms with Crippen molar-refractivity contribution in [2.24, 2.45) is 0 Å². The summed E-state index contributed by atoms with van der Waals surface area (Å²) in [7, 11) is 1.98. The van der Waals surface area contributed by atoms with E-state index < -0.39 is 11.7 Å². The van der Waals surface area contributed by atoms with Crippen molar-refractivity contribution < 1.29 is 13.2 Å². The van der Waals surface area contributed by atoms with E-state index >= 15 is 0 Å². The van der Waals surface area contributed by atoms with Crippen LogP contribution in [-0.2, 0) is 6.18 Å². The molecule has 1 aromatic rings. The van der Waals surface area contributed by atoms with Crippen molar-refractivity contribution in [2.75, 3.05) is 43.4 Å². The predicted octanol–water partition coefficient (Wildman–Crippen LogP) is 3.28. The number of alkyl halides is 3. The van der Waals surface area contributed by atoms with E-state index in [1.807, 2.05) is 25.8 Å². The Hall–Kier alpha value is -1.43. The van der Waals surface area contributed by atoms with Gasteiger partial charge in [-0.2, -0.15) is 13.2 Å². The first kappa shape index (κ1) is 15.9. The fourth-order valence-electron chi connectivity index (χ4n) is 2.51. The van der Waals surface area contributed by atoms with Crippen LogP contribution in [0, 0.1) is 0 Å². The highest BCUT2D eigenvalue weighted by atomic mass is 19.4. The number of likely N-dealkylation sites (N-methyl/N-ethyl adjacent to an activating group) is 1. The first-order valence-corrected chi connectivity index (χ1v) is 7.18. The van der Waals surface area contributed by atoms with Gasteiger partial charge in [0.15, 0.2) is 0 Å². The summed E-state index contributed by atoms with van der Waals surface area (Å²) in [6, 6.07) is 4.62. The van der Waals surface area contributed by atoms with Crippen LogP contribution in [0.25, 0.3) is 0 Å². The van der Waals surface area contributed by atoms with Gasteiger partial charge in [0.25, 0.3) is 0 Å². The minimum Gasteiger partial charge on any atom is -0.383 e. The number of hydrogen-bond acceptors (Lipinski definition) is 3. The van der Waals surface area contributed by atoms with Gasteiger partial charge >= 0.3 is 6.18 Å². The first-order chi connectivity index (χ1) is 9.77. The average Bonchev–Trinajstić information content (AvgIpc) is 2.38. The third-order valence-electron chi connectivity index (χ3n) is 3.60. The Morgan fingerprint density at radius 2 is 1.71 bits per heavy atom. The van der Waals surface area contributed by atoms with Gasteiger partial charge in [-0.15, -0.1) is 0 Å². The van der Waals surface area contributed by atoms with Crippen LogP contribution in [0.15, 0.2) is 18.2 Å². The molecule has 1 aliphatic rings. The number of piperazine rings is 1. The highest BCUT2D eigenvalue weighted by molar-refractivity contribution is 5.62. The smallest absolute Gasteiger partial charge is 0.383 e. The van der Waals surface area contributed by atoms with Crippen molar-refractivity contribution in [1.29, 1.82) is 0 Å². The summed E-state index contributed by atoms with van der Waals surface area (Å²) in [5.74, 6) is 0. The van der Waals surface area contributed by atoms with Gasteiger partial charge in [0.2, 0.25) is 0 Å². The molecule has 2 rings (SSSR count). The normalized spacial score (nSPS) is 17.4. The van der Waals surface area contributed by atoms with Crippen LogP contribution in [-0.4, -0.2) is 44.2 Å². The van der Waals surface area contributed by atoms with Crippen molar-refractivity contribution >= 4 is 11.4 Å². The van der Waals surface area contributed by atoms with E-state index in [1.165, 1.54) is 6.07 Å². The summed E-state index contributed by atoms with van der Waals surface area (Å²) >= 11 is 0. The lowest BCUT2D eigenvalue weighted by atomic mass is 10.1. The zero-order valence-corrected chi connectivity index (χ0v) is 12.7. The van der Waals surface area contributed by atoms with E-state index in [1.54, 1.807) is 12.1 Å². The summed E-state index contributed by atoms with van der Waals surface area (Å²) in [4.78, 5) is 3.94. The van der Waals surface area contributed by atoms with Crippen LogP contribution < -0.4 is 10.2 Å². The Kier molecular flexibility index (Phi) is 4.66. The Balaban J connectivity index is 2.31. The molecule has 1 aromatic carbocycles. The van der Waals surface area contributed by atoms with Crippen molar-refractivity contribution in [3.8, 4) is 0 Å². The minimum atomic E-state index is -4.34. The third-order valence-corrected chi connectivity index (χ3v) is 3.60. The molecule has 0 saturated carbocycles. The Labute approximate surface area is 123 Å². The molecule has 0 aromatic heterocycles.